The monoisotopic (exact) mass is 249 g/mol. The van der Waals surface area contributed by atoms with Gasteiger partial charge in [-0.25, -0.2) is 0 Å². The number of hydrogen-bond donors (Lipinski definition) is 1. The zero-order valence-electron chi connectivity index (χ0n) is 10.8. The van der Waals surface area contributed by atoms with Crippen molar-refractivity contribution in [1.82, 2.24) is 9.88 Å². The molecule has 1 fully saturated rings. The van der Waals surface area contributed by atoms with Crippen molar-refractivity contribution in [3.8, 4) is 5.75 Å². The van der Waals surface area contributed by atoms with Gasteiger partial charge in [0.05, 0.1) is 18.9 Å². The van der Waals surface area contributed by atoms with Crippen LogP contribution in [0.2, 0.25) is 0 Å². The van der Waals surface area contributed by atoms with Gasteiger partial charge < -0.3 is 15.4 Å². The number of rotatable bonds is 5. The minimum atomic E-state index is -0.0587. The number of carbonyl (C=O) groups excluding carboxylic acids is 1. The van der Waals surface area contributed by atoms with Gasteiger partial charge in [0.2, 0.25) is 0 Å². The Bertz CT molecular complexity index is 432. The average molecular weight is 249 g/mol. The van der Waals surface area contributed by atoms with E-state index in [4.69, 9.17) is 10.5 Å². The van der Waals surface area contributed by atoms with E-state index in [1.807, 2.05) is 0 Å². The van der Waals surface area contributed by atoms with E-state index in [9.17, 15) is 4.79 Å². The molecule has 1 heterocycles. The largest absolute Gasteiger partial charge is 0.494 e. The molecule has 0 bridgehead atoms. The normalized spacial score (nSPS) is 16.2. The number of hydrogen-bond acceptors (Lipinski definition) is 4. The summed E-state index contributed by atoms with van der Waals surface area (Å²) in [5.74, 6) is 0.995. The van der Waals surface area contributed by atoms with E-state index >= 15 is 0 Å². The summed E-state index contributed by atoms with van der Waals surface area (Å²) in [5, 5.41) is 0. The van der Waals surface area contributed by atoms with Crippen LogP contribution in [-0.4, -0.2) is 42.5 Å². The van der Waals surface area contributed by atoms with Crippen LogP contribution in [-0.2, 0) is 0 Å². The predicted molar refractivity (Wildman–Crippen MR) is 68.4 cm³/mol. The summed E-state index contributed by atoms with van der Waals surface area (Å²) in [4.78, 5) is 18.1. The van der Waals surface area contributed by atoms with Crippen molar-refractivity contribution in [2.24, 2.45) is 11.7 Å². The van der Waals surface area contributed by atoms with Crippen LogP contribution in [0.25, 0.3) is 0 Å². The van der Waals surface area contributed by atoms with Crippen LogP contribution in [0.3, 0.4) is 0 Å². The first-order valence-electron chi connectivity index (χ1n) is 6.14. The molecule has 0 aliphatic heterocycles. The molecule has 98 valence electrons. The van der Waals surface area contributed by atoms with Gasteiger partial charge in [0.25, 0.3) is 5.91 Å². The summed E-state index contributed by atoms with van der Waals surface area (Å²) in [6.45, 7) is 0.500. The third-order valence-electron chi connectivity index (χ3n) is 3.46. The van der Waals surface area contributed by atoms with Gasteiger partial charge in [-0.05, 0) is 24.8 Å². The maximum Gasteiger partial charge on any atom is 0.257 e. The number of carbonyl (C=O) groups is 1. The smallest absolute Gasteiger partial charge is 0.257 e. The Kier molecular flexibility index (Phi) is 3.81. The van der Waals surface area contributed by atoms with Crippen molar-refractivity contribution >= 4 is 5.91 Å². The molecule has 1 aromatic heterocycles. The lowest BCUT2D eigenvalue weighted by Crippen LogP contribution is -2.43. The van der Waals surface area contributed by atoms with E-state index in [-0.39, 0.29) is 11.9 Å². The maximum atomic E-state index is 12.4. The molecule has 0 radical (unpaired) electrons. The molecule has 5 nitrogen and oxygen atoms in total. The number of likely N-dealkylation sites (N-methyl/N-ethyl adjacent to an activating group) is 1. The van der Waals surface area contributed by atoms with Crippen LogP contribution < -0.4 is 10.5 Å². The zero-order valence-corrected chi connectivity index (χ0v) is 10.8. The molecule has 18 heavy (non-hydrogen) atoms. The molecule has 1 atom stereocenters. The van der Waals surface area contributed by atoms with Gasteiger partial charge in [0.15, 0.2) is 0 Å². The van der Waals surface area contributed by atoms with Crippen molar-refractivity contribution in [3.63, 3.8) is 0 Å². The molecule has 1 saturated carbocycles. The highest BCUT2D eigenvalue weighted by atomic mass is 16.5. The first-order chi connectivity index (χ1) is 8.69. The quantitative estimate of drug-likeness (QED) is 0.841. The Labute approximate surface area is 107 Å². The van der Waals surface area contributed by atoms with Gasteiger partial charge in [-0.3, -0.25) is 9.78 Å². The fourth-order valence-electron chi connectivity index (χ4n) is 2.21. The van der Waals surface area contributed by atoms with Crippen LogP contribution in [0, 0.1) is 5.92 Å². The standard InChI is InChI=1S/C13H19N3O2/c1-16(11(7-14)9-3-4-9)13(17)10-5-6-15-8-12(10)18-2/h5-6,8-9,11H,3-4,7,14H2,1-2H3. The van der Waals surface area contributed by atoms with Gasteiger partial charge in [0.1, 0.15) is 5.75 Å². The van der Waals surface area contributed by atoms with Gasteiger partial charge >= 0.3 is 0 Å². The van der Waals surface area contributed by atoms with Crippen LogP contribution in [0.4, 0.5) is 0 Å². The van der Waals surface area contributed by atoms with Crippen molar-refractivity contribution in [2.75, 3.05) is 20.7 Å². The van der Waals surface area contributed by atoms with Crippen LogP contribution in [0.1, 0.15) is 23.2 Å². The number of aromatic nitrogens is 1. The highest BCUT2D eigenvalue weighted by molar-refractivity contribution is 5.96. The molecule has 1 unspecified atom stereocenters. The number of methoxy groups -OCH3 is 1. The molecule has 1 amide bonds. The van der Waals surface area contributed by atoms with E-state index < -0.39 is 0 Å². The van der Waals surface area contributed by atoms with Crippen LogP contribution in [0.5, 0.6) is 5.75 Å². The first kappa shape index (κ1) is 12.8. The van der Waals surface area contributed by atoms with Gasteiger partial charge in [-0.2, -0.15) is 0 Å². The lowest BCUT2D eigenvalue weighted by molar-refractivity contribution is 0.0715. The summed E-state index contributed by atoms with van der Waals surface area (Å²) in [5.41, 5.74) is 6.30. The van der Waals surface area contributed by atoms with Crippen molar-refractivity contribution < 1.29 is 9.53 Å². The second-order valence-corrected chi connectivity index (χ2v) is 4.63. The Morgan fingerprint density at radius 2 is 2.39 bits per heavy atom. The molecule has 0 saturated heterocycles. The number of nitrogens with zero attached hydrogens (tertiary/aromatic N) is 2. The van der Waals surface area contributed by atoms with E-state index in [0.29, 0.717) is 23.8 Å². The summed E-state index contributed by atoms with van der Waals surface area (Å²) in [6.07, 6.45) is 5.47. The predicted octanol–water partition coefficient (Wildman–Crippen LogP) is 0.900. The fourth-order valence-corrected chi connectivity index (χ4v) is 2.21. The summed E-state index contributed by atoms with van der Waals surface area (Å²) in [6, 6.07) is 1.80. The topological polar surface area (TPSA) is 68.5 Å². The van der Waals surface area contributed by atoms with Crippen molar-refractivity contribution in [1.29, 1.82) is 0 Å². The maximum absolute atomic E-state index is 12.4. The Hall–Kier alpha value is -1.62. The Balaban J connectivity index is 2.19. The zero-order chi connectivity index (χ0) is 13.1. The fraction of sp³-hybridized carbons (Fsp3) is 0.538. The minimum absolute atomic E-state index is 0.0587. The molecular formula is C13H19N3O2. The molecule has 1 aliphatic carbocycles. The number of nitrogens with two attached hydrogens (primary N) is 1. The number of ether oxygens (including phenoxy) is 1. The molecular weight excluding hydrogens is 230 g/mol. The molecule has 0 aromatic carbocycles. The molecule has 2 rings (SSSR count). The molecule has 2 N–H and O–H groups in total. The van der Waals surface area contributed by atoms with E-state index in [1.54, 1.807) is 30.4 Å². The van der Waals surface area contributed by atoms with Crippen LogP contribution >= 0.6 is 0 Å². The third-order valence-corrected chi connectivity index (χ3v) is 3.46. The Morgan fingerprint density at radius 3 is 2.94 bits per heavy atom. The SMILES string of the molecule is COc1cnccc1C(=O)N(C)C(CN)C1CC1. The van der Waals surface area contributed by atoms with Gasteiger partial charge in [-0.15, -0.1) is 0 Å². The molecule has 5 heteroatoms. The number of pyridine rings is 1. The first-order valence-corrected chi connectivity index (χ1v) is 6.14. The average Bonchev–Trinajstić information content (AvgIpc) is 3.23. The third kappa shape index (κ3) is 2.46. The van der Waals surface area contributed by atoms with Gasteiger partial charge in [-0.1, -0.05) is 0 Å². The lowest BCUT2D eigenvalue weighted by atomic mass is 10.1. The summed E-state index contributed by atoms with van der Waals surface area (Å²) < 4.78 is 5.16. The number of amides is 1. The Morgan fingerprint density at radius 1 is 1.67 bits per heavy atom. The molecule has 1 aliphatic rings. The van der Waals surface area contributed by atoms with Crippen molar-refractivity contribution in [3.05, 3.63) is 24.0 Å². The summed E-state index contributed by atoms with van der Waals surface area (Å²) in [7, 11) is 3.34. The highest BCUT2D eigenvalue weighted by Gasteiger charge is 2.35. The van der Waals surface area contributed by atoms with E-state index in [0.717, 1.165) is 12.8 Å². The van der Waals surface area contributed by atoms with Crippen molar-refractivity contribution in [2.45, 2.75) is 18.9 Å². The molecule has 1 aromatic rings. The van der Waals surface area contributed by atoms with Gasteiger partial charge in [0, 0.05) is 25.8 Å². The second-order valence-electron chi connectivity index (χ2n) is 4.63. The lowest BCUT2D eigenvalue weighted by Gasteiger charge is -2.27. The van der Waals surface area contributed by atoms with E-state index in [2.05, 4.69) is 4.98 Å². The van der Waals surface area contributed by atoms with E-state index in [1.165, 1.54) is 7.11 Å². The summed E-state index contributed by atoms with van der Waals surface area (Å²) >= 11 is 0. The second kappa shape index (κ2) is 5.35. The van der Waals surface area contributed by atoms with Crippen LogP contribution in [0.15, 0.2) is 18.5 Å². The minimum Gasteiger partial charge on any atom is -0.494 e. The molecule has 0 spiro atoms. The highest BCUT2D eigenvalue weighted by Crippen LogP contribution is 2.35.